The lowest BCUT2D eigenvalue weighted by atomic mass is 10.1. The predicted molar refractivity (Wildman–Crippen MR) is 98.2 cm³/mol. The van der Waals surface area contributed by atoms with Crippen LogP contribution in [0.15, 0.2) is 42.6 Å². The molecule has 1 aliphatic heterocycles. The smallest absolute Gasteiger partial charge is 0.321 e. The molecule has 0 bridgehead atoms. The molecule has 1 atom stereocenters. The number of nitrogens with two attached hydrogens (primary N) is 1. The number of benzene rings is 1. The molecule has 3 N–H and O–H groups in total. The van der Waals surface area contributed by atoms with Crippen molar-refractivity contribution in [3.05, 3.63) is 53.9 Å². The molecular weight excluding hydrogens is 332 g/mol. The van der Waals surface area contributed by atoms with Crippen molar-refractivity contribution in [3.63, 3.8) is 0 Å². The lowest BCUT2D eigenvalue weighted by molar-refractivity contribution is 0.0989. The molecule has 7 heteroatoms. The molecule has 3 amide bonds. The number of hydrogen-bond acceptors (Lipinski definition) is 4. The molecular formula is C19H22N4O3. The molecule has 1 aromatic carbocycles. The highest BCUT2D eigenvalue weighted by molar-refractivity contribution is 5.91. The Morgan fingerprint density at radius 2 is 2.15 bits per heavy atom. The van der Waals surface area contributed by atoms with E-state index >= 15 is 0 Å². The molecule has 26 heavy (non-hydrogen) atoms. The van der Waals surface area contributed by atoms with Crippen molar-refractivity contribution in [3.8, 4) is 5.75 Å². The molecule has 1 saturated heterocycles. The highest BCUT2D eigenvalue weighted by Gasteiger charge is 2.25. The van der Waals surface area contributed by atoms with E-state index in [0.717, 1.165) is 24.1 Å². The maximum Gasteiger partial charge on any atom is 0.321 e. The van der Waals surface area contributed by atoms with Crippen LogP contribution in [-0.4, -0.2) is 41.0 Å². The minimum absolute atomic E-state index is 0.142. The number of nitrogens with one attached hydrogen (secondary N) is 1. The van der Waals surface area contributed by atoms with Crippen LogP contribution in [0, 0.1) is 6.92 Å². The Morgan fingerprint density at radius 3 is 2.92 bits per heavy atom. The summed E-state index contributed by atoms with van der Waals surface area (Å²) in [6.07, 6.45) is 3.03. The largest absolute Gasteiger partial charge is 0.488 e. The Kier molecular flexibility index (Phi) is 5.36. The van der Waals surface area contributed by atoms with E-state index in [1.54, 1.807) is 11.0 Å². The summed E-state index contributed by atoms with van der Waals surface area (Å²) in [6.45, 7) is 3.14. The van der Waals surface area contributed by atoms with Gasteiger partial charge in [0.25, 0.3) is 5.91 Å². The van der Waals surface area contributed by atoms with Crippen LogP contribution < -0.4 is 15.8 Å². The molecule has 1 fully saturated rings. The fourth-order valence-electron chi connectivity index (χ4n) is 2.96. The van der Waals surface area contributed by atoms with Crippen LogP contribution >= 0.6 is 0 Å². The third-order valence-corrected chi connectivity index (χ3v) is 4.22. The standard InChI is InChI=1S/C19H22N4O3/c1-13-4-2-5-14(10-13)22-19(25)23-9-3-6-16(12-23)26-15-7-8-21-17(11-15)18(20)24/h2,4-5,7-8,10-11,16H,3,6,9,12H2,1H3,(H2,20,24)(H,22,25). The van der Waals surface area contributed by atoms with E-state index < -0.39 is 5.91 Å². The van der Waals surface area contributed by atoms with Crippen LogP contribution in [-0.2, 0) is 0 Å². The van der Waals surface area contributed by atoms with Gasteiger partial charge < -0.3 is 20.7 Å². The number of piperidine rings is 1. The summed E-state index contributed by atoms with van der Waals surface area (Å²) in [5.74, 6) is -0.0713. The average molecular weight is 354 g/mol. The molecule has 0 radical (unpaired) electrons. The van der Waals surface area contributed by atoms with Gasteiger partial charge in [-0.25, -0.2) is 4.79 Å². The number of urea groups is 1. The average Bonchev–Trinajstić information content (AvgIpc) is 2.62. The topological polar surface area (TPSA) is 97.6 Å². The summed E-state index contributed by atoms with van der Waals surface area (Å²) in [7, 11) is 0. The minimum Gasteiger partial charge on any atom is -0.488 e. The quantitative estimate of drug-likeness (QED) is 0.882. The Morgan fingerprint density at radius 1 is 1.31 bits per heavy atom. The van der Waals surface area contributed by atoms with Gasteiger partial charge in [-0.1, -0.05) is 12.1 Å². The third-order valence-electron chi connectivity index (χ3n) is 4.22. The number of aromatic nitrogens is 1. The van der Waals surface area contributed by atoms with Gasteiger partial charge in [0.15, 0.2) is 0 Å². The van der Waals surface area contributed by atoms with Gasteiger partial charge in [0.1, 0.15) is 17.5 Å². The van der Waals surface area contributed by atoms with Gasteiger partial charge in [-0.05, 0) is 43.5 Å². The lowest BCUT2D eigenvalue weighted by Crippen LogP contribution is -2.46. The molecule has 2 heterocycles. The number of carbonyl (C=O) groups excluding carboxylic acids is 2. The number of pyridine rings is 1. The predicted octanol–water partition coefficient (Wildman–Crippen LogP) is 2.56. The number of rotatable bonds is 4. The summed E-state index contributed by atoms with van der Waals surface area (Å²) < 4.78 is 5.93. The molecule has 0 saturated carbocycles. The van der Waals surface area contributed by atoms with E-state index in [1.807, 2.05) is 31.2 Å². The Balaban J connectivity index is 1.61. The maximum atomic E-state index is 12.5. The number of likely N-dealkylation sites (tertiary alicyclic amines) is 1. The van der Waals surface area contributed by atoms with Gasteiger partial charge in [0.05, 0.1) is 6.54 Å². The molecule has 1 unspecified atom stereocenters. The number of aryl methyl sites for hydroxylation is 1. The number of carbonyl (C=O) groups is 2. The van der Waals surface area contributed by atoms with Gasteiger partial charge in [-0.2, -0.15) is 0 Å². The summed E-state index contributed by atoms with van der Waals surface area (Å²) in [6, 6.07) is 10.7. The molecule has 3 rings (SSSR count). The number of ether oxygens (including phenoxy) is 1. The van der Waals surface area contributed by atoms with Gasteiger partial charge in [0.2, 0.25) is 0 Å². The summed E-state index contributed by atoms with van der Waals surface area (Å²) in [4.78, 5) is 29.4. The van der Waals surface area contributed by atoms with E-state index in [0.29, 0.717) is 18.8 Å². The number of nitrogens with zero attached hydrogens (tertiary/aromatic N) is 2. The first kappa shape index (κ1) is 17.7. The van der Waals surface area contributed by atoms with E-state index in [1.165, 1.54) is 12.3 Å². The number of primary amides is 1. The van der Waals surface area contributed by atoms with E-state index in [-0.39, 0.29) is 17.8 Å². The number of hydrogen-bond donors (Lipinski definition) is 2. The second kappa shape index (κ2) is 7.86. The van der Waals surface area contributed by atoms with Gasteiger partial charge in [-0.3, -0.25) is 9.78 Å². The molecule has 7 nitrogen and oxygen atoms in total. The van der Waals surface area contributed by atoms with Crippen molar-refractivity contribution in [1.29, 1.82) is 0 Å². The Bertz CT molecular complexity index is 809. The van der Waals surface area contributed by atoms with E-state index in [4.69, 9.17) is 10.5 Å². The van der Waals surface area contributed by atoms with Crippen molar-refractivity contribution in [2.24, 2.45) is 5.73 Å². The first-order chi connectivity index (χ1) is 12.5. The van der Waals surface area contributed by atoms with Crippen LogP contribution in [0.3, 0.4) is 0 Å². The molecule has 136 valence electrons. The molecule has 2 aromatic rings. The second-order valence-electron chi connectivity index (χ2n) is 6.37. The first-order valence-electron chi connectivity index (χ1n) is 8.56. The van der Waals surface area contributed by atoms with Crippen LogP contribution in [0.5, 0.6) is 5.75 Å². The van der Waals surface area contributed by atoms with Crippen LogP contribution in [0.2, 0.25) is 0 Å². The fourth-order valence-corrected chi connectivity index (χ4v) is 2.96. The maximum absolute atomic E-state index is 12.5. The zero-order chi connectivity index (χ0) is 18.5. The molecule has 0 aliphatic carbocycles. The Hall–Kier alpha value is -3.09. The summed E-state index contributed by atoms with van der Waals surface area (Å²) in [5, 5.41) is 2.92. The number of amides is 3. The highest BCUT2D eigenvalue weighted by Crippen LogP contribution is 2.20. The molecule has 1 aliphatic rings. The van der Waals surface area contributed by atoms with Gasteiger partial charge >= 0.3 is 6.03 Å². The molecule has 0 spiro atoms. The van der Waals surface area contributed by atoms with Crippen molar-refractivity contribution in [1.82, 2.24) is 9.88 Å². The lowest BCUT2D eigenvalue weighted by Gasteiger charge is -2.33. The van der Waals surface area contributed by atoms with E-state index in [2.05, 4.69) is 10.3 Å². The van der Waals surface area contributed by atoms with Crippen LogP contribution in [0.4, 0.5) is 10.5 Å². The highest BCUT2D eigenvalue weighted by atomic mass is 16.5. The van der Waals surface area contributed by atoms with Crippen LogP contribution in [0.25, 0.3) is 0 Å². The monoisotopic (exact) mass is 354 g/mol. The van der Waals surface area contributed by atoms with Crippen molar-refractivity contribution in [2.45, 2.75) is 25.9 Å². The molecule has 1 aromatic heterocycles. The van der Waals surface area contributed by atoms with Crippen molar-refractivity contribution < 1.29 is 14.3 Å². The zero-order valence-corrected chi connectivity index (χ0v) is 14.6. The zero-order valence-electron chi connectivity index (χ0n) is 14.6. The fraction of sp³-hybridized carbons (Fsp3) is 0.316. The summed E-state index contributed by atoms with van der Waals surface area (Å²) >= 11 is 0. The third kappa shape index (κ3) is 4.50. The Labute approximate surface area is 152 Å². The SMILES string of the molecule is Cc1cccc(NC(=O)N2CCCC(Oc3ccnc(C(N)=O)c3)C2)c1. The normalized spacial score (nSPS) is 16.8. The minimum atomic E-state index is -0.599. The van der Waals surface area contributed by atoms with Crippen LogP contribution in [0.1, 0.15) is 28.9 Å². The van der Waals surface area contributed by atoms with Crippen molar-refractivity contribution in [2.75, 3.05) is 18.4 Å². The first-order valence-corrected chi connectivity index (χ1v) is 8.56. The number of anilines is 1. The van der Waals surface area contributed by atoms with E-state index in [9.17, 15) is 9.59 Å². The van der Waals surface area contributed by atoms with Gasteiger partial charge in [-0.15, -0.1) is 0 Å². The second-order valence-corrected chi connectivity index (χ2v) is 6.37. The van der Waals surface area contributed by atoms with Crippen molar-refractivity contribution >= 4 is 17.6 Å². The van der Waals surface area contributed by atoms with Gasteiger partial charge in [0, 0.05) is 24.5 Å². The summed E-state index contributed by atoms with van der Waals surface area (Å²) in [5.41, 5.74) is 7.27.